The van der Waals surface area contributed by atoms with Crippen molar-refractivity contribution in [1.82, 2.24) is 0 Å². The molecule has 0 aliphatic rings. The maximum absolute atomic E-state index is 10.2. The van der Waals surface area contributed by atoms with Gasteiger partial charge in [-0.15, -0.1) is 0 Å². The van der Waals surface area contributed by atoms with Crippen LogP contribution in [0.3, 0.4) is 0 Å². The predicted molar refractivity (Wildman–Crippen MR) is 64.5 cm³/mol. The summed E-state index contributed by atoms with van der Waals surface area (Å²) in [7, 11) is -4.81. The summed E-state index contributed by atoms with van der Waals surface area (Å²) >= 11 is 0. The van der Waals surface area contributed by atoms with Crippen LogP contribution >= 0.6 is 7.82 Å². The van der Waals surface area contributed by atoms with Crippen molar-refractivity contribution in [3.63, 3.8) is 0 Å². The topological polar surface area (TPSA) is 256 Å². The van der Waals surface area contributed by atoms with Gasteiger partial charge in [-0.2, -0.15) is 0 Å². The molecule has 0 bridgehead atoms. The Morgan fingerprint density at radius 1 is 0.750 bits per heavy atom. The molecule has 16 heavy (non-hydrogen) atoms. The summed E-state index contributed by atoms with van der Waals surface area (Å²) in [4.78, 5) is 14.7. The molecule has 0 atom stereocenters. The van der Waals surface area contributed by atoms with Crippen LogP contribution in [0.1, 0.15) is 0 Å². The number of hydrogen-bond donors (Lipinski definition) is 2. The van der Waals surface area contributed by atoms with Gasteiger partial charge in [0.1, 0.15) is 0 Å². The Hall–Kier alpha value is 3.80. The Balaban J connectivity index is -0.00000000278. The van der Waals surface area contributed by atoms with Gasteiger partial charge in [0.2, 0.25) is 0 Å². The van der Waals surface area contributed by atoms with Crippen LogP contribution in [-0.2, 0) is 9.29 Å². The minimum atomic E-state index is -4.81. The molecule has 0 saturated carbocycles. The van der Waals surface area contributed by atoms with Gasteiger partial charge in [0.25, 0.3) is 0 Å². The van der Waals surface area contributed by atoms with E-state index < -0.39 is 7.82 Å². The van der Waals surface area contributed by atoms with Crippen molar-refractivity contribution in [1.29, 1.82) is 0 Å². The standard InChI is InChI=1S/FH2O4P.4Na.6H2O.4H/c1-5-6(2,3)4;;;;;;;;;;;;;;/h(H2,2,3,4);;;;;6*1H2;;;;. The number of phosphoric acid groups is 1. The molecule has 0 fully saturated rings. The fraction of sp³-hybridized carbons (Fsp3) is 0. The summed E-state index contributed by atoms with van der Waals surface area (Å²) in [6, 6.07) is 0. The van der Waals surface area contributed by atoms with Crippen LogP contribution < -0.4 is 0 Å². The summed E-state index contributed by atoms with van der Waals surface area (Å²) in [6.45, 7) is 0. The van der Waals surface area contributed by atoms with Crippen LogP contribution in [0.4, 0.5) is 4.53 Å². The first kappa shape index (κ1) is 90.4. The van der Waals surface area contributed by atoms with E-state index in [1.165, 1.54) is 0 Å². The van der Waals surface area contributed by atoms with Crippen molar-refractivity contribution in [2.24, 2.45) is 0 Å². The molecule has 16 heteroatoms. The van der Waals surface area contributed by atoms with Crippen molar-refractivity contribution in [3.05, 3.63) is 0 Å². The number of rotatable bonds is 1. The van der Waals surface area contributed by atoms with Crippen LogP contribution in [0.15, 0.2) is 0 Å². The van der Waals surface area contributed by atoms with E-state index in [-0.39, 0.29) is 151 Å². The van der Waals surface area contributed by atoms with E-state index in [1.807, 2.05) is 0 Å². The van der Waals surface area contributed by atoms with Crippen LogP contribution in [0, 0.1) is 0 Å². The van der Waals surface area contributed by atoms with Gasteiger partial charge in [0.15, 0.2) is 0 Å². The Kier molecular flexibility index (Phi) is 288. The summed E-state index contributed by atoms with van der Waals surface area (Å²) in [5.74, 6) is 0. The molecule has 0 heterocycles. The van der Waals surface area contributed by atoms with Gasteiger partial charge in [-0.05, 0) is 4.53 Å². The Morgan fingerprint density at radius 2 is 0.812 bits per heavy atom. The molecule has 14 N–H and O–H groups in total. The molecular weight excluding hydrogens is 302 g/mol. The van der Waals surface area contributed by atoms with Crippen molar-refractivity contribution in [2.75, 3.05) is 0 Å². The van der Waals surface area contributed by atoms with Gasteiger partial charge in [0.05, 0.1) is 0 Å². The average Bonchev–Trinajstić information content (AvgIpc) is 1.35. The van der Waals surface area contributed by atoms with Crippen molar-refractivity contribution < 1.29 is 56.5 Å². The number of halogens is 1. The predicted octanol–water partition coefficient (Wildman–Crippen LogP) is -7.56. The molecule has 0 aliphatic heterocycles. The molecule has 0 aromatic heterocycles. The molecule has 0 aromatic rings. The van der Waals surface area contributed by atoms with Crippen LogP contribution in [0.5, 0.6) is 0 Å². The van der Waals surface area contributed by atoms with Crippen LogP contribution in [0.25, 0.3) is 0 Å². The zero-order chi connectivity index (χ0) is 5.21. The number of hydrogen-bond acceptors (Lipinski definition) is 2. The van der Waals surface area contributed by atoms with Gasteiger partial charge < -0.3 is 42.6 Å². The second-order valence-electron chi connectivity index (χ2n) is 0.560. The fourth-order valence-electron chi connectivity index (χ4n) is 0. The summed E-state index contributed by atoms with van der Waals surface area (Å²) in [5, 5.41) is 0. The van der Waals surface area contributed by atoms with E-state index in [9.17, 15) is 4.53 Å². The van der Waals surface area contributed by atoms with E-state index >= 15 is 0 Å². The van der Waals surface area contributed by atoms with E-state index in [1.54, 1.807) is 0 Å². The molecule has 0 saturated heterocycles. The zero-order valence-corrected chi connectivity index (χ0v) is 6.43. The Bertz CT molecular complexity index is 86.9. The molecule has 0 amide bonds. The van der Waals surface area contributed by atoms with Gasteiger partial charge >= 0.3 is 126 Å². The SMILES string of the molecule is O.O.O.O.O.O.O=P(O)(O)OF.[NaH].[NaH].[NaH].[NaH]. The third kappa shape index (κ3) is 109. The molecule has 0 aromatic carbocycles. The Labute approximate surface area is 179 Å². The molecule has 0 spiro atoms. The fourth-order valence-corrected chi connectivity index (χ4v) is 0. The first-order valence-electron chi connectivity index (χ1n) is 0.919. The van der Waals surface area contributed by atoms with Gasteiger partial charge in [-0.1, -0.05) is 4.73 Å². The third-order valence-electron chi connectivity index (χ3n) is 0.0899. The second-order valence-corrected chi connectivity index (χ2v) is 1.68. The van der Waals surface area contributed by atoms with E-state index in [2.05, 4.69) is 4.73 Å². The normalized spacial score (nSPS) is 4.44. The second kappa shape index (κ2) is 51.1. The first-order valence-corrected chi connectivity index (χ1v) is 2.45. The summed E-state index contributed by atoms with van der Waals surface area (Å²) in [6.07, 6.45) is 0. The summed E-state index contributed by atoms with van der Waals surface area (Å²) in [5.41, 5.74) is 0. The van der Waals surface area contributed by atoms with Crippen molar-refractivity contribution in [3.8, 4) is 0 Å². The van der Waals surface area contributed by atoms with Gasteiger partial charge in [-0.3, -0.25) is 0 Å². The average molecular weight is 320 g/mol. The van der Waals surface area contributed by atoms with E-state index in [4.69, 9.17) is 14.4 Å². The molecule has 0 rings (SSSR count). The summed E-state index contributed by atoms with van der Waals surface area (Å²) < 4.78 is 21.4. The Morgan fingerprint density at radius 3 is 0.812 bits per heavy atom. The monoisotopic (exact) mass is 320 g/mol. The molecule has 94 valence electrons. The van der Waals surface area contributed by atoms with E-state index in [0.717, 1.165) is 0 Å². The molecule has 0 radical (unpaired) electrons. The van der Waals surface area contributed by atoms with Crippen LogP contribution in [0.2, 0.25) is 0 Å². The molecule has 0 unspecified atom stereocenters. The minimum absolute atomic E-state index is 0. The quantitative estimate of drug-likeness (QED) is 0.352. The maximum atomic E-state index is 10.2. The molecule has 10 nitrogen and oxygen atoms in total. The molecule has 0 aliphatic carbocycles. The third-order valence-corrected chi connectivity index (χ3v) is 0.270. The first-order chi connectivity index (χ1) is 2.56. The molecular formula is H18FNa4O10P. The van der Waals surface area contributed by atoms with Gasteiger partial charge in [-0.25, -0.2) is 4.57 Å². The van der Waals surface area contributed by atoms with E-state index in [0.29, 0.717) is 0 Å². The van der Waals surface area contributed by atoms with Crippen LogP contribution in [-0.4, -0.2) is 161 Å². The van der Waals surface area contributed by atoms with Gasteiger partial charge in [0, 0.05) is 0 Å². The zero-order valence-electron chi connectivity index (χ0n) is 5.54. The van der Waals surface area contributed by atoms with Crippen molar-refractivity contribution in [2.45, 2.75) is 0 Å². The van der Waals surface area contributed by atoms with Crippen molar-refractivity contribution >= 4 is 126 Å².